The first kappa shape index (κ1) is 16.5. The van der Waals surface area contributed by atoms with Crippen molar-refractivity contribution in [1.29, 1.82) is 0 Å². The molecule has 1 N–H and O–H groups in total. The summed E-state index contributed by atoms with van der Waals surface area (Å²) in [6.07, 6.45) is 0.380. The van der Waals surface area contributed by atoms with Crippen LogP contribution in [0.15, 0.2) is 0 Å². The standard InChI is InChI=1S/C11H21IN2O3/c1-8(2)9(13-11(16)17-4)10(15)14(3)7-5-6-12/h8-9H,5-7H2,1-4H3,(H,13,16)/t9-/m0/s1. The summed E-state index contributed by atoms with van der Waals surface area (Å²) >= 11 is 2.27. The highest BCUT2D eigenvalue weighted by atomic mass is 127. The van der Waals surface area contributed by atoms with E-state index in [0.29, 0.717) is 6.54 Å². The number of alkyl halides is 1. The maximum atomic E-state index is 12.1. The predicted octanol–water partition coefficient (Wildman–Crippen LogP) is 1.65. The molecular weight excluding hydrogens is 335 g/mol. The molecule has 0 aromatic carbocycles. The largest absolute Gasteiger partial charge is 0.453 e. The Bertz CT molecular complexity index is 259. The minimum atomic E-state index is -0.570. The number of hydrogen-bond donors (Lipinski definition) is 1. The van der Waals surface area contributed by atoms with Gasteiger partial charge in [0.25, 0.3) is 0 Å². The van der Waals surface area contributed by atoms with Gasteiger partial charge in [-0.2, -0.15) is 0 Å². The van der Waals surface area contributed by atoms with Crippen LogP contribution < -0.4 is 5.32 Å². The first-order valence-corrected chi connectivity index (χ1v) is 7.12. The number of amides is 2. The molecule has 0 fully saturated rings. The summed E-state index contributed by atoms with van der Waals surface area (Å²) in [5.41, 5.74) is 0. The topological polar surface area (TPSA) is 58.6 Å². The Balaban J connectivity index is 4.48. The monoisotopic (exact) mass is 356 g/mol. The molecule has 0 unspecified atom stereocenters. The molecule has 2 amide bonds. The van der Waals surface area contributed by atoms with Crippen molar-refractivity contribution in [2.75, 3.05) is 25.1 Å². The second-order valence-electron chi connectivity index (χ2n) is 4.16. The Morgan fingerprint density at radius 3 is 2.41 bits per heavy atom. The number of nitrogens with one attached hydrogen (secondary N) is 1. The third kappa shape index (κ3) is 6.09. The molecule has 0 saturated heterocycles. The summed E-state index contributed by atoms with van der Waals surface area (Å²) in [7, 11) is 3.04. The number of likely N-dealkylation sites (N-methyl/N-ethyl adjacent to an activating group) is 1. The van der Waals surface area contributed by atoms with E-state index in [0.717, 1.165) is 10.8 Å². The summed E-state index contributed by atoms with van der Waals surface area (Å²) in [6.45, 7) is 4.49. The molecule has 0 aromatic rings. The summed E-state index contributed by atoms with van der Waals surface area (Å²) < 4.78 is 5.53. The molecule has 5 nitrogen and oxygen atoms in total. The number of ether oxygens (including phenoxy) is 1. The first-order valence-electron chi connectivity index (χ1n) is 5.59. The smallest absolute Gasteiger partial charge is 0.407 e. The van der Waals surface area contributed by atoms with Gasteiger partial charge in [0.05, 0.1) is 7.11 Å². The van der Waals surface area contributed by atoms with Crippen LogP contribution in [0.1, 0.15) is 20.3 Å². The van der Waals surface area contributed by atoms with Crippen LogP contribution >= 0.6 is 22.6 Å². The number of hydrogen-bond acceptors (Lipinski definition) is 3. The van der Waals surface area contributed by atoms with Gasteiger partial charge in [-0.25, -0.2) is 4.79 Å². The van der Waals surface area contributed by atoms with Gasteiger partial charge in [0, 0.05) is 18.0 Å². The molecule has 0 aliphatic heterocycles. The van der Waals surface area contributed by atoms with E-state index in [1.165, 1.54) is 7.11 Å². The molecule has 1 atom stereocenters. The summed E-state index contributed by atoms with van der Waals surface area (Å²) in [5.74, 6) is -0.0427. The fraction of sp³-hybridized carbons (Fsp3) is 0.818. The van der Waals surface area contributed by atoms with E-state index in [-0.39, 0.29) is 11.8 Å². The summed E-state index contributed by atoms with van der Waals surface area (Å²) in [4.78, 5) is 24.9. The molecule has 17 heavy (non-hydrogen) atoms. The maximum Gasteiger partial charge on any atom is 0.407 e. The van der Waals surface area contributed by atoms with Crippen molar-refractivity contribution in [2.45, 2.75) is 26.3 Å². The van der Waals surface area contributed by atoms with Crippen LogP contribution in [0.5, 0.6) is 0 Å². The van der Waals surface area contributed by atoms with Crippen LogP contribution in [0.25, 0.3) is 0 Å². The van der Waals surface area contributed by atoms with Crippen LogP contribution in [-0.4, -0.2) is 48.1 Å². The number of halogens is 1. The van der Waals surface area contributed by atoms with Crippen molar-refractivity contribution in [3.63, 3.8) is 0 Å². The first-order chi connectivity index (χ1) is 7.93. The SMILES string of the molecule is COC(=O)N[C@H](C(=O)N(C)CCCI)C(C)C. The number of nitrogens with zero attached hydrogens (tertiary/aromatic N) is 1. The van der Waals surface area contributed by atoms with Crippen LogP contribution in [0.3, 0.4) is 0 Å². The van der Waals surface area contributed by atoms with Crippen LogP contribution in [0.2, 0.25) is 0 Å². The van der Waals surface area contributed by atoms with E-state index < -0.39 is 12.1 Å². The predicted molar refractivity (Wildman–Crippen MR) is 75.3 cm³/mol. The van der Waals surface area contributed by atoms with Crippen LogP contribution in [-0.2, 0) is 9.53 Å². The van der Waals surface area contributed by atoms with E-state index >= 15 is 0 Å². The van der Waals surface area contributed by atoms with Crippen molar-refractivity contribution in [1.82, 2.24) is 10.2 Å². The van der Waals surface area contributed by atoms with Crippen LogP contribution in [0.4, 0.5) is 4.79 Å². The molecule has 0 bridgehead atoms. The number of carbonyl (C=O) groups is 2. The molecule has 100 valence electrons. The van der Waals surface area contributed by atoms with E-state index in [2.05, 4.69) is 32.6 Å². The molecule has 0 aliphatic rings. The van der Waals surface area contributed by atoms with Crippen molar-refractivity contribution in [3.8, 4) is 0 Å². The zero-order chi connectivity index (χ0) is 13.4. The van der Waals surface area contributed by atoms with Gasteiger partial charge >= 0.3 is 6.09 Å². The van der Waals surface area contributed by atoms with Crippen molar-refractivity contribution >= 4 is 34.6 Å². The number of rotatable bonds is 6. The lowest BCUT2D eigenvalue weighted by molar-refractivity contribution is -0.133. The summed E-state index contributed by atoms with van der Waals surface area (Å²) in [5, 5.41) is 2.57. The lowest BCUT2D eigenvalue weighted by Crippen LogP contribution is -2.50. The van der Waals surface area contributed by atoms with Crippen molar-refractivity contribution < 1.29 is 14.3 Å². The molecule has 0 heterocycles. The average molecular weight is 356 g/mol. The number of carbonyl (C=O) groups excluding carboxylic acids is 2. The fourth-order valence-corrected chi connectivity index (χ4v) is 1.69. The quantitative estimate of drug-likeness (QED) is 0.582. The van der Waals surface area contributed by atoms with Gasteiger partial charge in [-0.1, -0.05) is 36.4 Å². The molecule has 0 aliphatic carbocycles. The second-order valence-corrected chi connectivity index (χ2v) is 5.24. The molecular formula is C11H21IN2O3. The van der Waals surface area contributed by atoms with Gasteiger partial charge in [0.1, 0.15) is 6.04 Å². The highest BCUT2D eigenvalue weighted by Crippen LogP contribution is 2.06. The lowest BCUT2D eigenvalue weighted by atomic mass is 10.0. The van der Waals surface area contributed by atoms with Gasteiger partial charge in [-0.05, 0) is 12.3 Å². The van der Waals surface area contributed by atoms with Gasteiger partial charge in [0.15, 0.2) is 0 Å². The fourth-order valence-electron chi connectivity index (χ4n) is 1.34. The normalized spacial score (nSPS) is 12.1. The van der Waals surface area contributed by atoms with Gasteiger partial charge < -0.3 is 15.0 Å². The Morgan fingerprint density at radius 1 is 1.41 bits per heavy atom. The minimum absolute atomic E-state index is 0.0312. The zero-order valence-corrected chi connectivity index (χ0v) is 13.0. The molecule has 0 radical (unpaired) electrons. The molecule has 0 aromatic heterocycles. The molecule has 0 rings (SSSR count). The summed E-state index contributed by atoms with van der Waals surface area (Å²) in [6, 6.07) is -0.526. The molecule has 0 spiro atoms. The Hall–Kier alpha value is -0.530. The van der Waals surface area contributed by atoms with Crippen LogP contribution in [0, 0.1) is 5.92 Å². The highest BCUT2D eigenvalue weighted by molar-refractivity contribution is 14.1. The van der Waals surface area contributed by atoms with Gasteiger partial charge in [0.2, 0.25) is 5.91 Å². The minimum Gasteiger partial charge on any atom is -0.453 e. The second kappa shape index (κ2) is 8.54. The molecule has 0 saturated carbocycles. The van der Waals surface area contributed by atoms with Crippen molar-refractivity contribution in [2.24, 2.45) is 5.92 Å². The Morgan fingerprint density at radius 2 is 2.00 bits per heavy atom. The van der Waals surface area contributed by atoms with E-state index in [9.17, 15) is 9.59 Å². The number of alkyl carbamates (subject to hydrolysis) is 1. The van der Waals surface area contributed by atoms with Crippen molar-refractivity contribution in [3.05, 3.63) is 0 Å². The van der Waals surface area contributed by atoms with Gasteiger partial charge in [-0.3, -0.25) is 4.79 Å². The highest BCUT2D eigenvalue weighted by Gasteiger charge is 2.26. The zero-order valence-electron chi connectivity index (χ0n) is 10.8. The molecule has 6 heteroatoms. The Kier molecular flexibility index (Phi) is 8.28. The third-order valence-electron chi connectivity index (χ3n) is 2.39. The van der Waals surface area contributed by atoms with E-state index in [1.807, 2.05) is 13.8 Å². The number of methoxy groups -OCH3 is 1. The lowest BCUT2D eigenvalue weighted by Gasteiger charge is -2.26. The third-order valence-corrected chi connectivity index (χ3v) is 3.16. The van der Waals surface area contributed by atoms with Gasteiger partial charge in [-0.15, -0.1) is 0 Å². The van der Waals surface area contributed by atoms with E-state index in [1.54, 1.807) is 11.9 Å². The Labute approximate surface area is 116 Å². The average Bonchev–Trinajstić information content (AvgIpc) is 2.31. The van der Waals surface area contributed by atoms with E-state index in [4.69, 9.17) is 0 Å². The maximum absolute atomic E-state index is 12.1.